The van der Waals surface area contributed by atoms with Gasteiger partial charge in [-0.15, -0.1) is 0 Å². The van der Waals surface area contributed by atoms with Gasteiger partial charge < -0.3 is 10.2 Å². The summed E-state index contributed by atoms with van der Waals surface area (Å²) in [5.74, 6) is 3.55. The van der Waals surface area contributed by atoms with Gasteiger partial charge in [-0.25, -0.2) is 0 Å². The van der Waals surface area contributed by atoms with Crippen molar-refractivity contribution in [1.29, 1.82) is 0 Å². The van der Waals surface area contributed by atoms with E-state index in [1.165, 1.54) is 0 Å². The van der Waals surface area contributed by atoms with Gasteiger partial charge in [0.2, 0.25) is 0 Å². The minimum Gasteiger partial charge on any atom is -0.392 e. The Morgan fingerprint density at radius 3 is 2.36 bits per heavy atom. The summed E-state index contributed by atoms with van der Waals surface area (Å²) in [6, 6.07) is 7.46. The van der Waals surface area contributed by atoms with Crippen molar-refractivity contribution in [3.8, 4) is 0 Å². The molecular formula is C10H12ClO2P. The third-order valence-electron chi connectivity index (χ3n) is 1.66. The lowest BCUT2D eigenvalue weighted by Gasteiger charge is -1.98. The molecule has 1 aromatic carbocycles. The van der Waals surface area contributed by atoms with Crippen LogP contribution in [0, 0.1) is 0 Å². The van der Waals surface area contributed by atoms with Crippen LogP contribution in [0.1, 0.15) is 0 Å². The maximum absolute atomic E-state index is 8.82. The summed E-state index contributed by atoms with van der Waals surface area (Å²) in [6.07, 6.45) is 0. The van der Waals surface area contributed by atoms with Crippen LogP contribution in [0.25, 0.3) is 0 Å². The highest BCUT2D eigenvalue weighted by molar-refractivity contribution is 7.64. The van der Waals surface area contributed by atoms with Crippen molar-refractivity contribution in [2.75, 3.05) is 13.2 Å². The molecule has 0 heterocycles. The van der Waals surface area contributed by atoms with Crippen molar-refractivity contribution in [3.05, 3.63) is 29.3 Å². The van der Waals surface area contributed by atoms with Crippen molar-refractivity contribution in [2.24, 2.45) is 0 Å². The summed E-state index contributed by atoms with van der Waals surface area (Å²) in [5, 5.41) is 19.4. The fourth-order valence-corrected chi connectivity index (χ4v) is 2.83. The molecule has 0 spiro atoms. The Hall–Kier alpha value is -0.530. The SMILES string of the molecule is OC/C=P(=C\CO)\c1cccc(Cl)c1. The number of aliphatic hydroxyl groups is 2. The molecule has 0 atom stereocenters. The van der Waals surface area contributed by atoms with Gasteiger partial charge in [0.25, 0.3) is 0 Å². The number of hydrogen-bond donors (Lipinski definition) is 2. The summed E-state index contributed by atoms with van der Waals surface area (Å²) in [6.45, 7) is 0.0173. The van der Waals surface area contributed by atoms with Crippen molar-refractivity contribution < 1.29 is 10.2 Å². The molecule has 1 aromatic rings. The fourth-order valence-electron chi connectivity index (χ4n) is 1.10. The molecule has 0 fully saturated rings. The van der Waals surface area contributed by atoms with Crippen LogP contribution in [0.15, 0.2) is 24.3 Å². The van der Waals surface area contributed by atoms with Gasteiger partial charge in [0.1, 0.15) is 0 Å². The minimum absolute atomic E-state index is 0.00865. The third-order valence-corrected chi connectivity index (χ3v) is 3.89. The van der Waals surface area contributed by atoms with Gasteiger partial charge in [-0.3, -0.25) is 0 Å². The van der Waals surface area contributed by atoms with Crippen LogP contribution in [0.3, 0.4) is 0 Å². The van der Waals surface area contributed by atoms with Crippen LogP contribution >= 0.6 is 18.8 Å². The first-order valence-electron chi connectivity index (χ1n) is 4.20. The van der Waals surface area contributed by atoms with Crippen molar-refractivity contribution >= 4 is 35.7 Å². The molecular weight excluding hydrogens is 219 g/mol. The smallest absolute Gasteiger partial charge is 0.0654 e. The minimum atomic E-state index is -0.707. The van der Waals surface area contributed by atoms with Gasteiger partial charge in [0.15, 0.2) is 0 Å². The van der Waals surface area contributed by atoms with E-state index in [1.807, 2.05) is 18.2 Å². The van der Waals surface area contributed by atoms with E-state index in [2.05, 4.69) is 0 Å². The predicted octanol–water partition coefficient (Wildman–Crippen LogP) is 1.04. The van der Waals surface area contributed by atoms with Crippen molar-refractivity contribution in [1.82, 2.24) is 0 Å². The molecule has 14 heavy (non-hydrogen) atoms. The highest BCUT2D eigenvalue weighted by atomic mass is 35.5. The molecule has 0 aliphatic rings. The number of rotatable bonds is 3. The zero-order valence-electron chi connectivity index (χ0n) is 7.60. The molecule has 2 nitrogen and oxygen atoms in total. The highest BCUT2D eigenvalue weighted by Crippen LogP contribution is 2.12. The largest absolute Gasteiger partial charge is 0.392 e. The zero-order valence-corrected chi connectivity index (χ0v) is 9.25. The maximum Gasteiger partial charge on any atom is 0.0654 e. The summed E-state index contributed by atoms with van der Waals surface area (Å²) >= 11 is 5.85. The summed E-state index contributed by atoms with van der Waals surface area (Å²) in [5.41, 5.74) is 0. The number of hydrogen-bond acceptors (Lipinski definition) is 2. The van der Waals surface area contributed by atoms with E-state index in [9.17, 15) is 0 Å². The van der Waals surface area contributed by atoms with Crippen LogP contribution in [0.5, 0.6) is 0 Å². The molecule has 1 rings (SSSR count). The molecule has 76 valence electrons. The topological polar surface area (TPSA) is 40.5 Å². The van der Waals surface area contributed by atoms with Crippen LogP contribution in [0.4, 0.5) is 0 Å². The van der Waals surface area contributed by atoms with E-state index in [0.717, 1.165) is 5.30 Å². The van der Waals surface area contributed by atoms with Crippen molar-refractivity contribution in [2.45, 2.75) is 0 Å². The standard InChI is InChI=1S/C10H12ClO2P/c11-9-2-1-3-10(8-9)14(6-4-12)7-5-13/h1-3,6-8,12-13H,4-5H2. The Bertz CT molecular complexity index is 369. The quantitative estimate of drug-likeness (QED) is 0.762. The molecule has 0 amide bonds. The Morgan fingerprint density at radius 1 is 1.21 bits per heavy atom. The lowest BCUT2D eigenvalue weighted by atomic mass is 10.4. The van der Waals surface area contributed by atoms with E-state index in [-0.39, 0.29) is 13.2 Å². The van der Waals surface area contributed by atoms with Gasteiger partial charge in [-0.2, -0.15) is 0 Å². The van der Waals surface area contributed by atoms with Gasteiger partial charge in [-0.1, -0.05) is 30.9 Å². The van der Waals surface area contributed by atoms with Gasteiger partial charge in [0, 0.05) is 5.02 Å². The summed E-state index contributed by atoms with van der Waals surface area (Å²) in [7, 11) is -0.707. The van der Waals surface area contributed by atoms with E-state index in [0.29, 0.717) is 5.02 Å². The van der Waals surface area contributed by atoms with Crippen molar-refractivity contribution in [3.63, 3.8) is 0 Å². The first kappa shape index (κ1) is 11.5. The monoisotopic (exact) mass is 230 g/mol. The van der Waals surface area contributed by atoms with E-state index < -0.39 is 7.17 Å². The Balaban J connectivity index is 3.13. The molecule has 0 aliphatic carbocycles. The molecule has 0 radical (unpaired) electrons. The Kier molecular flexibility index (Phi) is 4.99. The molecule has 0 unspecified atom stereocenters. The lowest BCUT2D eigenvalue weighted by molar-refractivity contribution is 0.363. The molecule has 0 bridgehead atoms. The summed E-state index contributed by atoms with van der Waals surface area (Å²) < 4.78 is 0. The zero-order chi connectivity index (χ0) is 10.4. The second-order valence-corrected chi connectivity index (χ2v) is 5.12. The molecule has 0 aliphatic heterocycles. The lowest BCUT2D eigenvalue weighted by Crippen LogP contribution is -1.97. The second-order valence-electron chi connectivity index (χ2n) is 2.62. The summed E-state index contributed by atoms with van der Waals surface area (Å²) in [4.78, 5) is 0. The molecule has 0 saturated heterocycles. The molecule has 2 N–H and O–H groups in total. The Morgan fingerprint density at radius 2 is 1.86 bits per heavy atom. The normalized spacial score (nSPS) is 12.1. The second kappa shape index (κ2) is 6.05. The molecule has 4 heteroatoms. The van der Waals surface area contributed by atoms with Gasteiger partial charge in [-0.05, 0) is 29.0 Å². The highest BCUT2D eigenvalue weighted by Gasteiger charge is 1.92. The van der Waals surface area contributed by atoms with Crippen LogP contribution < -0.4 is 5.30 Å². The first-order chi connectivity index (χ1) is 6.77. The fraction of sp³-hybridized carbons (Fsp3) is 0.200. The van der Waals surface area contributed by atoms with Gasteiger partial charge in [0.05, 0.1) is 13.2 Å². The van der Waals surface area contributed by atoms with E-state index in [1.54, 1.807) is 17.7 Å². The van der Waals surface area contributed by atoms with Gasteiger partial charge >= 0.3 is 0 Å². The maximum atomic E-state index is 8.82. The average Bonchev–Trinajstić information content (AvgIpc) is 2.17. The average molecular weight is 231 g/mol. The van der Waals surface area contributed by atoms with E-state index >= 15 is 0 Å². The predicted molar refractivity (Wildman–Crippen MR) is 64.3 cm³/mol. The van der Waals surface area contributed by atoms with Crippen LogP contribution in [0.2, 0.25) is 5.02 Å². The van der Waals surface area contributed by atoms with Crippen LogP contribution in [-0.2, 0) is 0 Å². The number of aliphatic hydroxyl groups excluding tert-OH is 2. The van der Waals surface area contributed by atoms with E-state index in [4.69, 9.17) is 21.8 Å². The number of benzene rings is 1. The third kappa shape index (κ3) is 3.32. The Labute approximate surface area is 88.8 Å². The molecule has 0 aromatic heterocycles. The van der Waals surface area contributed by atoms with Crippen LogP contribution in [-0.4, -0.2) is 35.0 Å². The number of halogens is 1. The first-order valence-corrected chi connectivity index (χ1v) is 6.06. The molecule has 0 saturated carbocycles.